The molecule has 1 aromatic carbocycles. The largest absolute Gasteiger partial charge is 0.480 e. The molecule has 0 saturated carbocycles. The van der Waals surface area contributed by atoms with Crippen molar-refractivity contribution in [3.05, 3.63) is 36.0 Å². The first kappa shape index (κ1) is 30.6. The molecule has 0 bridgehead atoms. The summed E-state index contributed by atoms with van der Waals surface area (Å²) >= 11 is 1.45. The van der Waals surface area contributed by atoms with Crippen LogP contribution in [0, 0.1) is 5.92 Å². The highest BCUT2D eigenvalue weighted by Gasteiger charge is 2.32. The number of para-hydroxylation sites is 1. The number of amides is 4. The molecule has 4 unspecified atom stereocenters. The van der Waals surface area contributed by atoms with Crippen LogP contribution in [0.1, 0.15) is 32.3 Å². The third-order valence-electron chi connectivity index (χ3n) is 5.96. The van der Waals surface area contributed by atoms with Crippen molar-refractivity contribution in [2.75, 3.05) is 12.0 Å². The van der Waals surface area contributed by atoms with Crippen LogP contribution in [0.3, 0.4) is 0 Å². The molecule has 38 heavy (non-hydrogen) atoms. The summed E-state index contributed by atoms with van der Waals surface area (Å²) in [7, 11) is 0. The Hall–Kier alpha value is -3.58. The number of nitrogens with two attached hydrogens (primary N) is 2. The predicted octanol–water partition coefficient (Wildman–Crippen LogP) is -0.139. The molecule has 4 atom stereocenters. The Morgan fingerprint density at radius 2 is 1.66 bits per heavy atom. The molecule has 12 nitrogen and oxygen atoms in total. The Morgan fingerprint density at radius 3 is 2.26 bits per heavy atom. The quantitative estimate of drug-likeness (QED) is 0.159. The molecule has 2 aromatic rings. The summed E-state index contributed by atoms with van der Waals surface area (Å²) in [5.74, 6) is -3.87. The number of carboxylic acid groups (broad SMARTS) is 1. The molecule has 0 aliphatic carbocycles. The summed E-state index contributed by atoms with van der Waals surface area (Å²) in [6, 6.07) is 2.83. The van der Waals surface area contributed by atoms with Gasteiger partial charge in [0.05, 0.1) is 12.5 Å². The highest BCUT2D eigenvalue weighted by atomic mass is 32.2. The summed E-state index contributed by atoms with van der Waals surface area (Å²) in [6.45, 7) is 3.41. The summed E-state index contributed by atoms with van der Waals surface area (Å²) in [5, 5.41) is 18.0. The fraction of sp³-hybridized carbons (Fsp3) is 0.480. The molecule has 208 valence electrons. The number of aliphatic carboxylic acids is 1. The zero-order chi connectivity index (χ0) is 28.4. The molecule has 0 aliphatic heterocycles. The Labute approximate surface area is 225 Å². The zero-order valence-corrected chi connectivity index (χ0v) is 22.5. The van der Waals surface area contributed by atoms with Gasteiger partial charge in [-0.3, -0.25) is 19.2 Å². The van der Waals surface area contributed by atoms with Gasteiger partial charge in [-0.25, -0.2) is 4.79 Å². The smallest absolute Gasteiger partial charge is 0.326 e. The number of H-pyrrole nitrogens is 1. The molecule has 0 fully saturated rings. The monoisotopic (exact) mass is 548 g/mol. The number of carboxylic acids is 1. The molecule has 0 aliphatic rings. The maximum Gasteiger partial charge on any atom is 0.326 e. The molecule has 9 N–H and O–H groups in total. The molecule has 2 rings (SSSR count). The minimum Gasteiger partial charge on any atom is -0.480 e. The Bertz CT molecular complexity index is 1150. The number of fused-ring (bicyclic) bond motifs is 1. The van der Waals surface area contributed by atoms with Crippen molar-refractivity contribution in [3.63, 3.8) is 0 Å². The minimum absolute atomic E-state index is 0.0583. The van der Waals surface area contributed by atoms with Gasteiger partial charge in [0.15, 0.2) is 0 Å². The average molecular weight is 549 g/mol. The van der Waals surface area contributed by atoms with Crippen LogP contribution < -0.4 is 27.4 Å². The fourth-order valence-corrected chi connectivity index (χ4v) is 4.33. The summed E-state index contributed by atoms with van der Waals surface area (Å²) in [5.41, 5.74) is 12.5. The second-order valence-corrected chi connectivity index (χ2v) is 10.3. The van der Waals surface area contributed by atoms with Gasteiger partial charge in [0.25, 0.3) is 0 Å². The lowest BCUT2D eigenvalue weighted by atomic mass is 10.00. The number of carbonyl (C=O) groups is 5. The van der Waals surface area contributed by atoms with E-state index in [1.165, 1.54) is 11.8 Å². The SMILES string of the molecule is CSCCC(NC(=O)C(NC(=O)C(Cc1c[nH]c2ccccc12)NC(=O)C(N)CC(N)=O)C(C)C)C(=O)O. The number of nitrogens with one attached hydrogen (secondary N) is 4. The number of hydrogen-bond donors (Lipinski definition) is 7. The number of hydrogen-bond acceptors (Lipinski definition) is 7. The summed E-state index contributed by atoms with van der Waals surface area (Å²) < 4.78 is 0. The number of aromatic nitrogens is 1. The minimum atomic E-state index is -1.26. The van der Waals surface area contributed by atoms with Crippen LogP contribution in [-0.2, 0) is 30.4 Å². The average Bonchev–Trinajstić information content (AvgIpc) is 3.26. The Kier molecular flexibility index (Phi) is 11.6. The normalized spacial score (nSPS) is 14.3. The first-order chi connectivity index (χ1) is 17.9. The summed E-state index contributed by atoms with van der Waals surface area (Å²) in [4.78, 5) is 65.1. The number of benzene rings is 1. The second kappa shape index (κ2) is 14.4. The van der Waals surface area contributed by atoms with E-state index in [2.05, 4.69) is 20.9 Å². The van der Waals surface area contributed by atoms with Gasteiger partial charge in [0.1, 0.15) is 18.1 Å². The Morgan fingerprint density at radius 1 is 1.00 bits per heavy atom. The van der Waals surface area contributed by atoms with Crippen LogP contribution in [-0.4, -0.2) is 75.9 Å². The summed E-state index contributed by atoms with van der Waals surface area (Å²) in [6.07, 6.45) is 3.42. The number of rotatable bonds is 15. The van der Waals surface area contributed by atoms with Crippen LogP contribution in [0.2, 0.25) is 0 Å². The zero-order valence-electron chi connectivity index (χ0n) is 21.7. The van der Waals surface area contributed by atoms with Crippen molar-refractivity contribution in [2.24, 2.45) is 17.4 Å². The second-order valence-electron chi connectivity index (χ2n) is 9.31. The van der Waals surface area contributed by atoms with E-state index in [-0.39, 0.29) is 12.8 Å². The van der Waals surface area contributed by atoms with E-state index in [4.69, 9.17) is 11.5 Å². The number of aromatic amines is 1. The fourth-order valence-electron chi connectivity index (χ4n) is 3.86. The molecule has 1 heterocycles. The van der Waals surface area contributed by atoms with E-state index in [0.717, 1.165) is 16.5 Å². The van der Waals surface area contributed by atoms with Crippen LogP contribution >= 0.6 is 11.8 Å². The van der Waals surface area contributed by atoms with Crippen molar-refractivity contribution < 1.29 is 29.1 Å². The van der Waals surface area contributed by atoms with Crippen LogP contribution in [0.15, 0.2) is 30.5 Å². The number of primary amides is 1. The van der Waals surface area contributed by atoms with Crippen LogP contribution in [0.4, 0.5) is 0 Å². The highest BCUT2D eigenvalue weighted by Crippen LogP contribution is 2.19. The molecular weight excluding hydrogens is 512 g/mol. The van der Waals surface area contributed by atoms with E-state index in [1.807, 2.05) is 30.5 Å². The van der Waals surface area contributed by atoms with E-state index in [0.29, 0.717) is 5.75 Å². The van der Waals surface area contributed by atoms with Gasteiger partial charge < -0.3 is 37.5 Å². The van der Waals surface area contributed by atoms with Gasteiger partial charge in [0.2, 0.25) is 23.6 Å². The van der Waals surface area contributed by atoms with Crippen molar-refractivity contribution >= 4 is 52.3 Å². The number of thioether (sulfide) groups is 1. The predicted molar refractivity (Wildman–Crippen MR) is 145 cm³/mol. The third-order valence-corrected chi connectivity index (χ3v) is 6.61. The molecule has 0 spiro atoms. The van der Waals surface area contributed by atoms with Gasteiger partial charge in [0, 0.05) is 23.5 Å². The first-order valence-electron chi connectivity index (χ1n) is 12.2. The maximum atomic E-state index is 13.4. The highest BCUT2D eigenvalue weighted by molar-refractivity contribution is 7.98. The van der Waals surface area contributed by atoms with Gasteiger partial charge in [-0.1, -0.05) is 32.0 Å². The van der Waals surface area contributed by atoms with Gasteiger partial charge in [-0.2, -0.15) is 11.8 Å². The van der Waals surface area contributed by atoms with Gasteiger partial charge in [-0.15, -0.1) is 0 Å². The van der Waals surface area contributed by atoms with Crippen LogP contribution in [0.5, 0.6) is 0 Å². The van der Waals surface area contributed by atoms with Gasteiger partial charge in [-0.05, 0) is 36.0 Å². The maximum absolute atomic E-state index is 13.4. The third kappa shape index (κ3) is 8.77. The topological polar surface area (TPSA) is 210 Å². The van der Waals surface area contributed by atoms with Crippen molar-refractivity contribution in [2.45, 2.75) is 57.3 Å². The van der Waals surface area contributed by atoms with Gasteiger partial charge >= 0.3 is 5.97 Å². The lowest BCUT2D eigenvalue weighted by molar-refractivity contribution is -0.142. The Balaban J connectivity index is 2.27. The standard InChI is InChI=1S/C25H36N6O6S/c1-13(2)21(24(35)29-18(25(36)37)8-9-38-3)31-23(34)19(30-22(33)16(26)11-20(27)32)10-14-12-28-17-7-5-4-6-15(14)17/h4-7,12-13,16,18-19,21,28H,8-11,26H2,1-3H3,(H2,27,32)(H,29,35)(H,30,33)(H,31,34)(H,36,37). The molecule has 1 aromatic heterocycles. The molecule has 0 radical (unpaired) electrons. The van der Waals surface area contributed by atoms with E-state index in [9.17, 15) is 29.1 Å². The number of carbonyl (C=O) groups excluding carboxylic acids is 4. The van der Waals surface area contributed by atoms with Crippen molar-refractivity contribution in [1.82, 2.24) is 20.9 Å². The molecular formula is C25H36N6O6S. The molecule has 4 amide bonds. The lowest BCUT2D eigenvalue weighted by Crippen LogP contribution is -2.59. The van der Waals surface area contributed by atoms with Crippen molar-refractivity contribution in [3.8, 4) is 0 Å². The lowest BCUT2D eigenvalue weighted by Gasteiger charge is -2.27. The van der Waals surface area contributed by atoms with E-state index in [1.54, 1.807) is 20.0 Å². The van der Waals surface area contributed by atoms with Crippen LogP contribution in [0.25, 0.3) is 10.9 Å². The molecule has 13 heteroatoms. The first-order valence-corrected chi connectivity index (χ1v) is 13.6. The van der Waals surface area contributed by atoms with E-state index < -0.39 is 66.1 Å². The van der Waals surface area contributed by atoms with Crippen molar-refractivity contribution in [1.29, 1.82) is 0 Å². The van der Waals surface area contributed by atoms with E-state index >= 15 is 0 Å². The molecule has 0 saturated heterocycles.